The first kappa shape index (κ1) is 16.6. The highest BCUT2D eigenvalue weighted by Gasteiger charge is 2.26. The first-order valence-electron chi connectivity index (χ1n) is 7.50. The molecule has 1 N–H and O–H groups in total. The van der Waals surface area contributed by atoms with Gasteiger partial charge in [0.25, 0.3) is 5.91 Å². The molecule has 1 aromatic rings. The van der Waals surface area contributed by atoms with Crippen LogP contribution in [0, 0.1) is 5.92 Å². The van der Waals surface area contributed by atoms with E-state index in [2.05, 4.69) is 5.32 Å². The maximum Gasteiger partial charge on any atom is 0.253 e. The van der Waals surface area contributed by atoms with Gasteiger partial charge in [-0.2, -0.15) is 0 Å². The molecule has 1 amide bonds. The summed E-state index contributed by atoms with van der Waals surface area (Å²) in [5.74, 6) is 1.02. The molecule has 0 radical (unpaired) electrons. The average molecular weight is 329 g/mol. The number of benzene rings is 1. The molecule has 1 saturated carbocycles. The van der Waals surface area contributed by atoms with E-state index < -0.39 is 0 Å². The Kier molecular flexibility index (Phi) is 5.91. The van der Waals surface area contributed by atoms with Crippen molar-refractivity contribution in [3.63, 3.8) is 0 Å². The smallest absolute Gasteiger partial charge is 0.253 e. The molecule has 3 rings (SSSR count). The van der Waals surface area contributed by atoms with Gasteiger partial charge in [-0.1, -0.05) is 17.7 Å². The van der Waals surface area contributed by atoms with E-state index in [9.17, 15) is 4.79 Å². The van der Waals surface area contributed by atoms with Crippen LogP contribution < -0.4 is 5.32 Å². The van der Waals surface area contributed by atoms with Gasteiger partial charge in [-0.05, 0) is 56.3 Å². The second kappa shape index (κ2) is 7.48. The molecule has 2 aliphatic rings. The lowest BCUT2D eigenvalue weighted by Gasteiger charge is -2.32. The SMILES string of the molecule is Cl.O=C(c1cccc(Cl)c1)N1CCC(NCC2CC2)CC1. The molecule has 1 heterocycles. The Balaban J connectivity index is 0.00000161. The van der Waals surface area contributed by atoms with Gasteiger partial charge in [0.2, 0.25) is 0 Å². The summed E-state index contributed by atoms with van der Waals surface area (Å²) in [5.41, 5.74) is 0.696. The Bertz CT molecular complexity index is 483. The lowest BCUT2D eigenvalue weighted by atomic mass is 10.0. The fraction of sp³-hybridized carbons (Fsp3) is 0.562. The van der Waals surface area contributed by atoms with Crippen molar-refractivity contribution >= 4 is 29.9 Å². The van der Waals surface area contributed by atoms with Crippen LogP contribution in [0.4, 0.5) is 0 Å². The third kappa shape index (κ3) is 4.60. The molecule has 3 nitrogen and oxygen atoms in total. The molecule has 0 bridgehead atoms. The molecule has 0 atom stereocenters. The van der Waals surface area contributed by atoms with Crippen LogP contribution in [-0.4, -0.2) is 36.5 Å². The van der Waals surface area contributed by atoms with Crippen molar-refractivity contribution in [3.05, 3.63) is 34.9 Å². The van der Waals surface area contributed by atoms with E-state index in [0.717, 1.165) is 38.4 Å². The number of likely N-dealkylation sites (tertiary alicyclic amines) is 1. The van der Waals surface area contributed by atoms with Crippen molar-refractivity contribution in [2.24, 2.45) is 5.92 Å². The van der Waals surface area contributed by atoms with Gasteiger partial charge in [-0.25, -0.2) is 0 Å². The largest absolute Gasteiger partial charge is 0.339 e. The van der Waals surface area contributed by atoms with Crippen LogP contribution in [0.15, 0.2) is 24.3 Å². The van der Waals surface area contributed by atoms with Crippen LogP contribution in [0.1, 0.15) is 36.0 Å². The van der Waals surface area contributed by atoms with E-state index >= 15 is 0 Å². The summed E-state index contributed by atoms with van der Waals surface area (Å²) in [6.45, 7) is 2.84. The van der Waals surface area contributed by atoms with Crippen molar-refractivity contribution in [3.8, 4) is 0 Å². The fourth-order valence-corrected chi connectivity index (χ4v) is 2.94. The van der Waals surface area contributed by atoms with Gasteiger partial charge in [0.05, 0.1) is 0 Å². The van der Waals surface area contributed by atoms with Crippen molar-refractivity contribution in [2.45, 2.75) is 31.7 Å². The van der Waals surface area contributed by atoms with Gasteiger partial charge in [0.1, 0.15) is 0 Å². The second-order valence-corrected chi connectivity index (χ2v) is 6.36. The summed E-state index contributed by atoms with van der Waals surface area (Å²) in [6.07, 6.45) is 4.89. The Morgan fingerprint density at radius 3 is 2.57 bits per heavy atom. The molecule has 0 unspecified atom stereocenters. The molecular formula is C16H22Cl2N2O. The number of carbonyl (C=O) groups is 1. The fourth-order valence-electron chi connectivity index (χ4n) is 2.75. The van der Waals surface area contributed by atoms with Gasteiger partial charge in [-0.15, -0.1) is 12.4 Å². The molecule has 1 saturated heterocycles. The first-order valence-corrected chi connectivity index (χ1v) is 7.88. The Hall–Kier alpha value is -0.770. The number of halogens is 2. The number of rotatable bonds is 4. The minimum atomic E-state index is 0. The molecule has 21 heavy (non-hydrogen) atoms. The lowest BCUT2D eigenvalue weighted by molar-refractivity contribution is 0.0705. The predicted octanol–water partition coefficient (Wildman–Crippen LogP) is 3.37. The molecule has 1 aromatic carbocycles. The number of hydrogen-bond acceptors (Lipinski definition) is 2. The summed E-state index contributed by atoms with van der Waals surface area (Å²) in [7, 11) is 0. The maximum absolute atomic E-state index is 12.4. The number of nitrogens with zero attached hydrogens (tertiary/aromatic N) is 1. The highest BCUT2D eigenvalue weighted by molar-refractivity contribution is 6.30. The number of nitrogens with one attached hydrogen (secondary N) is 1. The number of amides is 1. The molecular weight excluding hydrogens is 307 g/mol. The van der Waals surface area contributed by atoms with Gasteiger partial charge in [-0.3, -0.25) is 4.79 Å². The molecule has 0 aromatic heterocycles. The molecule has 0 spiro atoms. The Morgan fingerprint density at radius 1 is 1.24 bits per heavy atom. The normalized spacial score (nSPS) is 19.2. The van der Waals surface area contributed by atoms with Gasteiger partial charge in [0.15, 0.2) is 0 Å². The standard InChI is InChI=1S/C16H21ClN2O.ClH/c17-14-3-1-2-13(10-14)16(20)19-8-6-15(7-9-19)18-11-12-4-5-12;/h1-3,10,12,15,18H,4-9,11H2;1H. The van der Waals surface area contributed by atoms with Gasteiger partial charge < -0.3 is 10.2 Å². The van der Waals surface area contributed by atoms with Crippen molar-refractivity contribution < 1.29 is 4.79 Å². The molecule has 2 fully saturated rings. The molecule has 116 valence electrons. The summed E-state index contributed by atoms with van der Waals surface area (Å²) >= 11 is 5.95. The second-order valence-electron chi connectivity index (χ2n) is 5.93. The number of piperidine rings is 1. The van der Waals surface area contributed by atoms with Crippen LogP contribution in [0.5, 0.6) is 0 Å². The van der Waals surface area contributed by atoms with E-state index in [1.54, 1.807) is 12.1 Å². The first-order chi connectivity index (χ1) is 9.72. The van der Waals surface area contributed by atoms with Gasteiger partial charge in [0, 0.05) is 29.7 Å². The monoisotopic (exact) mass is 328 g/mol. The van der Waals surface area contributed by atoms with Crippen molar-refractivity contribution in [2.75, 3.05) is 19.6 Å². The number of hydrogen-bond donors (Lipinski definition) is 1. The number of carbonyl (C=O) groups excluding carboxylic acids is 1. The van der Waals surface area contributed by atoms with Crippen LogP contribution in [0.25, 0.3) is 0 Å². The minimum absolute atomic E-state index is 0. The lowest BCUT2D eigenvalue weighted by Crippen LogP contribution is -2.45. The zero-order chi connectivity index (χ0) is 13.9. The summed E-state index contributed by atoms with van der Waals surface area (Å²) in [6, 6.07) is 7.80. The molecule has 1 aliphatic carbocycles. The van der Waals surface area contributed by atoms with Crippen molar-refractivity contribution in [1.29, 1.82) is 0 Å². The topological polar surface area (TPSA) is 32.3 Å². The van der Waals surface area contributed by atoms with Crippen molar-refractivity contribution in [1.82, 2.24) is 10.2 Å². The van der Waals surface area contributed by atoms with Crippen LogP contribution in [-0.2, 0) is 0 Å². The minimum Gasteiger partial charge on any atom is -0.339 e. The Labute approximate surface area is 137 Å². The highest BCUT2D eigenvalue weighted by atomic mass is 35.5. The summed E-state index contributed by atoms with van der Waals surface area (Å²) in [5, 5.41) is 4.25. The zero-order valence-electron chi connectivity index (χ0n) is 12.1. The third-order valence-electron chi connectivity index (χ3n) is 4.25. The van der Waals surface area contributed by atoms with Gasteiger partial charge >= 0.3 is 0 Å². The van der Waals surface area contributed by atoms with E-state index in [-0.39, 0.29) is 18.3 Å². The van der Waals surface area contributed by atoms with Crippen LogP contribution in [0.3, 0.4) is 0 Å². The van der Waals surface area contributed by atoms with E-state index in [0.29, 0.717) is 16.6 Å². The highest BCUT2D eigenvalue weighted by Crippen LogP contribution is 2.28. The van der Waals surface area contributed by atoms with E-state index in [4.69, 9.17) is 11.6 Å². The maximum atomic E-state index is 12.4. The average Bonchev–Trinajstić information content (AvgIpc) is 3.29. The summed E-state index contributed by atoms with van der Waals surface area (Å²) < 4.78 is 0. The Morgan fingerprint density at radius 2 is 1.95 bits per heavy atom. The molecule has 1 aliphatic heterocycles. The van der Waals surface area contributed by atoms with E-state index in [1.165, 1.54) is 12.8 Å². The molecule has 5 heteroatoms. The summed E-state index contributed by atoms with van der Waals surface area (Å²) in [4.78, 5) is 14.3. The predicted molar refractivity (Wildman–Crippen MR) is 88.4 cm³/mol. The zero-order valence-corrected chi connectivity index (χ0v) is 13.6. The van der Waals surface area contributed by atoms with Crippen LogP contribution >= 0.6 is 24.0 Å². The third-order valence-corrected chi connectivity index (χ3v) is 4.48. The quantitative estimate of drug-likeness (QED) is 0.919. The van der Waals surface area contributed by atoms with E-state index in [1.807, 2.05) is 17.0 Å². The van der Waals surface area contributed by atoms with Crippen LogP contribution in [0.2, 0.25) is 5.02 Å².